The van der Waals surface area contributed by atoms with Gasteiger partial charge in [0.25, 0.3) is 5.91 Å². The van der Waals surface area contributed by atoms with Crippen molar-refractivity contribution < 1.29 is 9.21 Å². The van der Waals surface area contributed by atoms with Crippen molar-refractivity contribution >= 4 is 29.3 Å². The smallest absolute Gasteiger partial charge is 0.287 e. The molecule has 3 rings (SSSR count). The Balaban J connectivity index is 0.00000176. The molecule has 0 spiro atoms. The minimum Gasteiger partial charge on any atom is -0.451 e. The molecule has 5 nitrogen and oxygen atoms in total. The topological polar surface area (TPSA) is 57.5 Å². The molecule has 1 aromatic carbocycles. The zero-order valence-electron chi connectivity index (χ0n) is 12.5. The highest BCUT2D eigenvalue weighted by atomic mass is 35.5. The van der Waals surface area contributed by atoms with Gasteiger partial charge in [-0.25, -0.2) is 0 Å². The molecule has 1 saturated heterocycles. The highest BCUT2D eigenvalue weighted by molar-refractivity contribution is 5.96. The number of nitrogens with zero attached hydrogens (tertiary/aromatic N) is 1. The summed E-state index contributed by atoms with van der Waals surface area (Å²) in [4.78, 5) is 14.5. The maximum Gasteiger partial charge on any atom is 0.287 e. The molecule has 120 valence electrons. The first-order valence-corrected chi connectivity index (χ1v) is 7.53. The maximum atomic E-state index is 12.0. The third-order valence-corrected chi connectivity index (χ3v) is 3.80. The monoisotopic (exact) mass is 323 g/mol. The molecule has 1 fully saturated rings. The summed E-state index contributed by atoms with van der Waals surface area (Å²) in [5, 5.41) is 7.22. The number of hydrogen-bond donors (Lipinski definition) is 2. The predicted molar refractivity (Wildman–Crippen MR) is 89.7 cm³/mol. The van der Waals surface area contributed by atoms with E-state index < -0.39 is 0 Å². The number of fused-ring (bicyclic) bond motifs is 1. The van der Waals surface area contributed by atoms with Gasteiger partial charge in [-0.15, -0.1) is 12.4 Å². The lowest BCUT2D eigenvalue weighted by Crippen LogP contribution is -2.44. The summed E-state index contributed by atoms with van der Waals surface area (Å²) in [7, 11) is 0. The van der Waals surface area contributed by atoms with Crippen LogP contribution in [0.2, 0.25) is 0 Å². The lowest BCUT2D eigenvalue weighted by Gasteiger charge is -2.26. The molecule has 0 saturated carbocycles. The fourth-order valence-corrected chi connectivity index (χ4v) is 2.62. The van der Waals surface area contributed by atoms with Gasteiger partial charge in [-0.1, -0.05) is 18.2 Å². The minimum absolute atomic E-state index is 0. The van der Waals surface area contributed by atoms with Crippen LogP contribution < -0.4 is 10.6 Å². The Morgan fingerprint density at radius 1 is 1.27 bits per heavy atom. The van der Waals surface area contributed by atoms with Crippen molar-refractivity contribution in [1.29, 1.82) is 0 Å². The molecule has 1 amide bonds. The first-order valence-electron chi connectivity index (χ1n) is 7.53. The third kappa shape index (κ3) is 4.22. The molecule has 2 heterocycles. The number of furan rings is 1. The first-order chi connectivity index (χ1) is 10.3. The number of nitrogens with one attached hydrogen (secondary N) is 2. The van der Waals surface area contributed by atoms with Gasteiger partial charge in [0, 0.05) is 38.1 Å². The molecule has 0 bridgehead atoms. The second kappa shape index (κ2) is 8.17. The molecule has 2 N–H and O–H groups in total. The number of rotatable bonds is 5. The molecule has 6 heteroatoms. The van der Waals surface area contributed by atoms with Gasteiger partial charge in [-0.2, -0.15) is 0 Å². The van der Waals surface area contributed by atoms with E-state index in [-0.39, 0.29) is 18.3 Å². The summed E-state index contributed by atoms with van der Waals surface area (Å²) < 4.78 is 5.55. The van der Waals surface area contributed by atoms with Crippen molar-refractivity contribution in [3.63, 3.8) is 0 Å². The number of amides is 1. The van der Waals surface area contributed by atoms with E-state index in [4.69, 9.17) is 4.42 Å². The molecule has 0 atom stereocenters. The third-order valence-electron chi connectivity index (χ3n) is 3.80. The summed E-state index contributed by atoms with van der Waals surface area (Å²) in [5.41, 5.74) is 0.753. The predicted octanol–water partition coefficient (Wildman–Crippen LogP) is 1.88. The Bertz CT molecular complexity index is 575. The van der Waals surface area contributed by atoms with Gasteiger partial charge in [0.05, 0.1) is 0 Å². The number of halogens is 1. The fraction of sp³-hybridized carbons (Fsp3) is 0.438. The van der Waals surface area contributed by atoms with E-state index in [0.29, 0.717) is 12.3 Å². The molecule has 1 aliphatic rings. The molecule has 1 aliphatic heterocycles. The molecule has 2 aromatic rings. The van der Waals surface area contributed by atoms with E-state index in [1.807, 2.05) is 24.3 Å². The van der Waals surface area contributed by atoms with E-state index in [0.717, 1.165) is 50.1 Å². The van der Waals surface area contributed by atoms with Gasteiger partial charge in [-0.05, 0) is 25.1 Å². The maximum absolute atomic E-state index is 12.0. The van der Waals surface area contributed by atoms with Crippen LogP contribution in [-0.2, 0) is 0 Å². The zero-order valence-corrected chi connectivity index (χ0v) is 13.3. The van der Waals surface area contributed by atoms with E-state index in [2.05, 4.69) is 15.5 Å². The summed E-state index contributed by atoms with van der Waals surface area (Å²) >= 11 is 0. The molecule has 0 unspecified atom stereocenters. The average molecular weight is 324 g/mol. The van der Waals surface area contributed by atoms with Crippen LogP contribution in [0, 0.1) is 0 Å². The van der Waals surface area contributed by atoms with Crippen molar-refractivity contribution in [3.05, 3.63) is 36.1 Å². The van der Waals surface area contributed by atoms with Gasteiger partial charge < -0.3 is 20.0 Å². The normalized spacial score (nSPS) is 15.5. The van der Waals surface area contributed by atoms with Crippen LogP contribution in [0.15, 0.2) is 34.7 Å². The van der Waals surface area contributed by atoms with Crippen LogP contribution >= 0.6 is 12.4 Å². The van der Waals surface area contributed by atoms with Crippen LogP contribution in [0.4, 0.5) is 0 Å². The van der Waals surface area contributed by atoms with Crippen molar-refractivity contribution in [2.75, 3.05) is 39.3 Å². The van der Waals surface area contributed by atoms with Crippen LogP contribution in [0.5, 0.6) is 0 Å². The Hall–Kier alpha value is -1.56. The minimum atomic E-state index is -0.133. The molecular formula is C16H22ClN3O2. The Morgan fingerprint density at radius 2 is 2.05 bits per heavy atom. The molecular weight excluding hydrogens is 302 g/mol. The average Bonchev–Trinajstić information content (AvgIpc) is 2.96. The Kier molecular flexibility index (Phi) is 6.24. The van der Waals surface area contributed by atoms with E-state index in [9.17, 15) is 4.79 Å². The quantitative estimate of drug-likeness (QED) is 0.825. The summed E-state index contributed by atoms with van der Waals surface area (Å²) in [5.74, 6) is 0.255. The van der Waals surface area contributed by atoms with E-state index in [1.54, 1.807) is 6.07 Å². The van der Waals surface area contributed by atoms with Crippen LogP contribution in [-0.4, -0.2) is 50.1 Å². The van der Waals surface area contributed by atoms with Crippen LogP contribution in [0.3, 0.4) is 0 Å². The van der Waals surface area contributed by atoms with Crippen molar-refractivity contribution in [1.82, 2.24) is 15.5 Å². The summed E-state index contributed by atoms with van der Waals surface area (Å²) in [6, 6.07) is 9.45. The summed E-state index contributed by atoms with van der Waals surface area (Å²) in [6.07, 6.45) is 0.964. The zero-order chi connectivity index (χ0) is 14.5. The largest absolute Gasteiger partial charge is 0.451 e. The fourth-order valence-electron chi connectivity index (χ4n) is 2.62. The second-order valence-electron chi connectivity index (χ2n) is 5.35. The lowest BCUT2D eigenvalue weighted by molar-refractivity contribution is 0.0926. The molecule has 1 aromatic heterocycles. The van der Waals surface area contributed by atoms with Crippen molar-refractivity contribution in [3.8, 4) is 0 Å². The van der Waals surface area contributed by atoms with E-state index in [1.165, 1.54) is 0 Å². The first kappa shape index (κ1) is 16.8. The van der Waals surface area contributed by atoms with Crippen LogP contribution in [0.1, 0.15) is 17.0 Å². The van der Waals surface area contributed by atoms with Gasteiger partial charge in [0.15, 0.2) is 5.76 Å². The van der Waals surface area contributed by atoms with Crippen LogP contribution in [0.25, 0.3) is 11.0 Å². The molecule has 22 heavy (non-hydrogen) atoms. The SMILES string of the molecule is Cl.O=C(NCCCN1CCNCC1)c1cc2ccccc2o1. The standard InChI is InChI=1S/C16H21N3O2.ClH/c20-16(15-12-13-4-1-2-5-14(13)21-15)18-6-3-9-19-10-7-17-8-11-19;/h1-2,4-5,12,17H,3,6-11H2,(H,18,20);1H. The summed E-state index contributed by atoms with van der Waals surface area (Å²) in [6.45, 7) is 6.02. The number of carbonyl (C=O) groups is 1. The molecule has 0 radical (unpaired) electrons. The number of piperazine rings is 1. The second-order valence-corrected chi connectivity index (χ2v) is 5.35. The highest BCUT2D eigenvalue weighted by Crippen LogP contribution is 2.18. The lowest BCUT2D eigenvalue weighted by atomic mass is 10.2. The number of carbonyl (C=O) groups excluding carboxylic acids is 1. The van der Waals surface area contributed by atoms with Gasteiger partial charge in [0.1, 0.15) is 5.58 Å². The highest BCUT2D eigenvalue weighted by Gasteiger charge is 2.12. The molecule has 0 aliphatic carbocycles. The van der Waals surface area contributed by atoms with Crippen molar-refractivity contribution in [2.45, 2.75) is 6.42 Å². The van der Waals surface area contributed by atoms with Gasteiger partial charge in [0.2, 0.25) is 0 Å². The van der Waals surface area contributed by atoms with E-state index >= 15 is 0 Å². The van der Waals surface area contributed by atoms with Crippen molar-refractivity contribution in [2.24, 2.45) is 0 Å². The number of hydrogen-bond acceptors (Lipinski definition) is 4. The Morgan fingerprint density at radius 3 is 2.82 bits per heavy atom. The number of para-hydroxylation sites is 1. The van der Waals surface area contributed by atoms with Gasteiger partial charge >= 0.3 is 0 Å². The number of benzene rings is 1. The Labute approximate surface area is 136 Å². The van der Waals surface area contributed by atoms with Gasteiger partial charge in [-0.3, -0.25) is 4.79 Å².